The first-order chi connectivity index (χ1) is 16.9. The number of rotatable bonds is 5. The number of amides is 2. The molecule has 2 bridgehead atoms. The van der Waals surface area contributed by atoms with E-state index in [-0.39, 0.29) is 23.7 Å². The Labute approximate surface area is 206 Å². The molecule has 184 valence electrons. The van der Waals surface area contributed by atoms with Crippen LogP contribution in [0.2, 0.25) is 0 Å². The number of benzene rings is 1. The zero-order chi connectivity index (χ0) is 24.3. The fourth-order valence-corrected chi connectivity index (χ4v) is 6.84. The summed E-state index contributed by atoms with van der Waals surface area (Å²) in [6, 6.07) is 5.66. The number of anilines is 1. The normalized spacial score (nSPS) is 29.8. The van der Waals surface area contributed by atoms with Crippen LogP contribution < -0.4 is 9.64 Å². The number of carbonyl (C=O) groups is 3. The van der Waals surface area contributed by atoms with Gasteiger partial charge in [-0.2, -0.15) is 0 Å². The number of fused-ring (bicyclic) bond motifs is 2. The minimum Gasteiger partial charge on any atom is -0.497 e. The second-order valence-corrected chi connectivity index (χ2v) is 10.5. The fourth-order valence-electron chi connectivity index (χ4n) is 5.89. The van der Waals surface area contributed by atoms with Crippen molar-refractivity contribution in [2.45, 2.75) is 31.5 Å². The number of aromatic nitrogens is 1. The molecule has 4 aliphatic heterocycles. The summed E-state index contributed by atoms with van der Waals surface area (Å²) in [6.45, 7) is 3.45. The van der Waals surface area contributed by atoms with Gasteiger partial charge in [-0.25, -0.2) is 4.98 Å². The largest absolute Gasteiger partial charge is 0.497 e. The first-order valence-electron chi connectivity index (χ1n) is 12.0. The van der Waals surface area contributed by atoms with Crippen molar-refractivity contribution in [1.29, 1.82) is 0 Å². The van der Waals surface area contributed by atoms with E-state index < -0.39 is 23.5 Å². The maximum absolute atomic E-state index is 13.7. The molecule has 3 fully saturated rings. The predicted molar refractivity (Wildman–Crippen MR) is 128 cm³/mol. The van der Waals surface area contributed by atoms with E-state index in [9.17, 15) is 14.4 Å². The van der Waals surface area contributed by atoms with E-state index in [0.29, 0.717) is 50.0 Å². The van der Waals surface area contributed by atoms with Crippen molar-refractivity contribution in [1.82, 2.24) is 9.88 Å². The molecule has 0 aliphatic carbocycles. The Morgan fingerprint density at radius 2 is 2.09 bits per heavy atom. The third-order valence-electron chi connectivity index (χ3n) is 7.63. The average Bonchev–Trinajstić information content (AvgIpc) is 3.62. The second kappa shape index (κ2) is 8.30. The zero-order valence-corrected chi connectivity index (χ0v) is 20.5. The van der Waals surface area contributed by atoms with Crippen molar-refractivity contribution >= 4 is 44.5 Å². The molecule has 0 radical (unpaired) electrons. The monoisotopic (exact) mass is 497 g/mol. The lowest BCUT2D eigenvalue weighted by Gasteiger charge is -2.34. The van der Waals surface area contributed by atoms with Crippen LogP contribution in [-0.2, 0) is 23.9 Å². The summed E-state index contributed by atoms with van der Waals surface area (Å²) in [4.78, 5) is 47.6. The third kappa shape index (κ3) is 3.45. The Morgan fingerprint density at radius 3 is 2.83 bits per heavy atom. The van der Waals surface area contributed by atoms with E-state index in [1.165, 1.54) is 11.3 Å². The lowest BCUT2D eigenvalue weighted by molar-refractivity contribution is -0.152. The Hall–Kier alpha value is -2.98. The van der Waals surface area contributed by atoms with Crippen molar-refractivity contribution in [3.05, 3.63) is 30.4 Å². The average molecular weight is 498 g/mol. The van der Waals surface area contributed by atoms with Crippen molar-refractivity contribution in [3.8, 4) is 5.75 Å². The van der Waals surface area contributed by atoms with E-state index in [1.807, 2.05) is 30.4 Å². The number of methoxy groups -OCH3 is 1. The van der Waals surface area contributed by atoms with Gasteiger partial charge in [-0.3, -0.25) is 19.3 Å². The molecule has 9 nitrogen and oxygen atoms in total. The molecule has 10 heteroatoms. The predicted octanol–water partition coefficient (Wildman–Crippen LogP) is 2.39. The maximum Gasteiger partial charge on any atom is 0.309 e. The van der Waals surface area contributed by atoms with E-state index >= 15 is 0 Å². The Bertz CT molecular complexity index is 1240. The van der Waals surface area contributed by atoms with Crippen LogP contribution in [0.15, 0.2) is 30.4 Å². The highest BCUT2D eigenvalue weighted by Crippen LogP contribution is 2.53. The van der Waals surface area contributed by atoms with E-state index in [0.717, 1.165) is 10.2 Å². The van der Waals surface area contributed by atoms with Crippen molar-refractivity contribution in [2.24, 2.45) is 17.8 Å². The van der Waals surface area contributed by atoms with Crippen LogP contribution >= 0.6 is 11.3 Å². The molecule has 4 atom stereocenters. The highest BCUT2D eigenvalue weighted by Gasteiger charge is 2.67. The molecule has 0 unspecified atom stereocenters. The van der Waals surface area contributed by atoms with Crippen LogP contribution in [0.5, 0.6) is 5.75 Å². The first-order valence-corrected chi connectivity index (χ1v) is 12.8. The molecule has 0 N–H and O–H groups in total. The number of nitrogens with zero attached hydrogens (tertiary/aromatic N) is 3. The van der Waals surface area contributed by atoms with Gasteiger partial charge in [0.05, 0.1) is 54.3 Å². The number of piperidine rings is 1. The van der Waals surface area contributed by atoms with Crippen LogP contribution in [0.3, 0.4) is 0 Å². The highest BCUT2D eigenvalue weighted by molar-refractivity contribution is 7.22. The standard InChI is InChI=1S/C25H27N3O6S/c1-3-33-23(31)14-7-10-27(11-8-14)21(29)19-17-6-9-25(34-17)13-28(22(30)20(19)25)24-26-16-12-15(32-2)4-5-18(16)35-24/h4-6,9,12,14,17,19-20H,3,7-8,10-11,13H2,1-2H3/t17-,19-,20+,25+/m1/s1. The number of likely N-dealkylation sites (tertiary alicyclic amines) is 1. The lowest BCUT2D eigenvalue weighted by atomic mass is 9.76. The van der Waals surface area contributed by atoms with Crippen molar-refractivity contribution in [2.75, 3.05) is 38.3 Å². The number of hydrogen-bond donors (Lipinski definition) is 0. The lowest BCUT2D eigenvalue weighted by Crippen LogP contribution is -2.49. The van der Waals surface area contributed by atoms with E-state index in [1.54, 1.807) is 23.8 Å². The van der Waals surface area contributed by atoms with Crippen LogP contribution in [0.4, 0.5) is 5.13 Å². The molecule has 3 saturated heterocycles. The van der Waals surface area contributed by atoms with Crippen LogP contribution in [0.1, 0.15) is 19.8 Å². The Kier molecular flexibility index (Phi) is 5.33. The van der Waals surface area contributed by atoms with Crippen molar-refractivity contribution < 1.29 is 28.6 Å². The molecule has 1 aromatic heterocycles. The van der Waals surface area contributed by atoms with Crippen LogP contribution in [0, 0.1) is 17.8 Å². The molecule has 6 rings (SSSR count). The van der Waals surface area contributed by atoms with Crippen molar-refractivity contribution in [3.63, 3.8) is 0 Å². The summed E-state index contributed by atoms with van der Waals surface area (Å²) in [5, 5.41) is 0.601. The number of ether oxygens (including phenoxy) is 3. The van der Waals surface area contributed by atoms with Crippen LogP contribution in [0.25, 0.3) is 10.2 Å². The number of esters is 1. The van der Waals surface area contributed by atoms with Gasteiger partial charge in [-0.1, -0.05) is 23.5 Å². The fraction of sp³-hybridized carbons (Fsp3) is 0.520. The Balaban J connectivity index is 1.22. The maximum atomic E-state index is 13.7. The van der Waals surface area contributed by atoms with Gasteiger partial charge in [0, 0.05) is 19.2 Å². The van der Waals surface area contributed by atoms with Crippen LogP contribution in [-0.4, -0.2) is 72.7 Å². The number of hydrogen-bond acceptors (Lipinski definition) is 8. The molecule has 2 amide bonds. The quantitative estimate of drug-likeness (QED) is 0.462. The summed E-state index contributed by atoms with van der Waals surface area (Å²) in [5.41, 5.74) is -0.0366. The molecule has 0 saturated carbocycles. The summed E-state index contributed by atoms with van der Waals surface area (Å²) >= 11 is 1.44. The van der Waals surface area contributed by atoms with Gasteiger partial charge < -0.3 is 19.1 Å². The zero-order valence-electron chi connectivity index (χ0n) is 19.6. The summed E-state index contributed by atoms with van der Waals surface area (Å²) in [6.07, 6.45) is 4.62. The first kappa shape index (κ1) is 22.5. The molecule has 2 aromatic rings. The SMILES string of the molecule is CCOC(=O)C1CCN(C(=O)[C@H]2[C@H]3C(=O)N(c4nc5cc(OC)ccc5s4)C[C@@]34C=C[C@H]2O4)CC1. The van der Waals surface area contributed by atoms with Gasteiger partial charge in [0.1, 0.15) is 11.4 Å². The molecule has 4 aliphatic rings. The number of thiazole rings is 1. The van der Waals surface area contributed by atoms with E-state index in [4.69, 9.17) is 14.2 Å². The van der Waals surface area contributed by atoms with Gasteiger partial charge in [0.15, 0.2) is 5.13 Å². The minimum atomic E-state index is -0.805. The van der Waals surface area contributed by atoms with E-state index in [2.05, 4.69) is 4.98 Å². The molecule has 1 aromatic carbocycles. The van der Waals surface area contributed by atoms with Gasteiger partial charge >= 0.3 is 5.97 Å². The smallest absolute Gasteiger partial charge is 0.309 e. The van der Waals surface area contributed by atoms with Gasteiger partial charge in [-0.05, 0) is 31.9 Å². The van der Waals surface area contributed by atoms with Gasteiger partial charge in [-0.15, -0.1) is 0 Å². The summed E-state index contributed by atoms with van der Waals surface area (Å²) in [5.74, 6) is -0.997. The molecule has 35 heavy (non-hydrogen) atoms. The molecular weight excluding hydrogens is 470 g/mol. The second-order valence-electron chi connectivity index (χ2n) is 9.51. The third-order valence-corrected chi connectivity index (χ3v) is 8.69. The topological polar surface area (TPSA) is 98.3 Å². The summed E-state index contributed by atoms with van der Waals surface area (Å²) in [7, 11) is 1.61. The Morgan fingerprint density at radius 1 is 1.29 bits per heavy atom. The highest BCUT2D eigenvalue weighted by atomic mass is 32.1. The molecular formula is C25H27N3O6S. The minimum absolute atomic E-state index is 0.0715. The molecule has 1 spiro atoms. The summed E-state index contributed by atoms with van der Waals surface area (Å²) < 4.78 is 17.7. The number of carbonyl (C=O) groups excluding carboxylic acids is 3. The van der Waals surface area contributed by atoms with Gasteiger partial charge in [0.2, 0.25) is 11.8 Å². The molecule has 5 heterocycles. The van der Waals surface area contributed by atoms with Gasteiger partial charge in [0.25, 0.3) is 0 Å².